The summed E-state index contributed by atoms with van der Waals surface area (Å²) in [6, 6.07) is 19.8. The summed E-state index contributed by atoms with van der Waals surface area (Å²) < 4.78 is 11.1. The average molecular weight is 414 g/mol. The highest BCUT2D eigenvalue weighted by Crippen LogP contribution is 2.20. The van der Waals surface area contributed by atoms with Gasteiger partial charge in [-0.2, -0.15) is 0 Å². The maximum Gasteiger partial charge on any atom is 0.177 e. The number of hydrogen-bond donors (Lipinski definition) is 2. The molecule has 0 amide bonds. The number of hydrogen-bond acceptors (Lipinski definition) is 6. The van der Waals surface area contributed by atoms with Gasteiger partial charge in [0.25, 0.3) is 0 Å². The molecule has 6 nitrogen and oxygen atoms in total. The van der Waals surface area contributed by atoms with E-state index in [9.17, 15) is 15.0 Å². The van der Waals surface area contributed by atoms with Crippen molar-refractivity contribution >= 4 is 5.78 Å². The summed E-state index contributed by atoms with van der Waals surface area (Å²) >= 11 is 0. The third-order valence-electron chi connectivity index (χ3n) is 5.18. The molecule has 4 unspecified atom stereocenters. The first kappa shape index (κ1) is 22.6. The molecule has 0 spiro atoms. The molecule has 0 saturated carbocycles. The van der Waals surface area contributed by atoms with Crippen molar-refractivity contribution in [2.24, 2.45) is 0 Å². The molecule has 30 heavy (non-hydrogen) atoms. The van der Waals surface area contributed by atoms with Crippen molar-refractivity contribution in [1.29, 1.82) is 0 Å². The van der Waals surface area contributed by atoms with Crippen LogP contribution in [0.2, 0.25) is 0 Å². The van der Waals surface area contributed by atoms with Gasteiger partial charge in [0.2, 0.25) is 0 Å². The van der Waals surface area contributed by atoms with Crippen LogP contribution < -0.4 is 0 Å². The molecule has 2 aromatic carbocycles. The topological polar surface area (TPSA) is 79.2 Å². The van der Waals surface area contributed by atoms with Gasteiger partial charge in [0, 0.05) is 13.1 Å². The number of Topliss-reactive ketones (excluding diaryl/α,β-unsaturated/α-hetero) is 1. The third kappa shape index (κ3) is 6.45. The molecule has 0 aromatic heterocycles. The lowest BCUT2D eigenvalue weighted by molar-refractivity contribution is -0.269. The predicted molar refractivity (Wildman–Crippen MR) is 114 cm³/mol. The van der Waals surface area contributed by atoms with E-state index in [0.717, 1.165) is 17.5 Å². The lowest BCUT2D eigenvalue weighted by Crippen LogP contribution is -2.53. The summed E-state index contributed by atoms with van der Waals surface area (Å²) in [6.45, 7) is 3.25. The molecule has 1 heterocycles. The Labute approximate surface area is 178 Å². The van der Waals surface area contributed by atoms with Gasteiger partial charge < -0.3 is 19.7 Å². The van der Waals surface area contributed by atoms with Crippen molar-refractivity contribution in [3.05, 3.63) is 71.8 Å². The normalized spacial score (nSPS) is 22.7. The summed E-state index contributed by atoms with van der Waals surface area (Å²) in [5, 5.41) is 20.9. The largest absolute Gasteiger partial charge is 0.388 e. The minimum Gasteiger partial charge on any atom is -0.388 e. The standard InChI is InChI=1S/C24H31NO5/c1-2-9-22-29-17-21(27)24(30-22)23(28)20(26)16-25(14-18-10-5-3-6-11-18)15-19-12-7-4-8-13-19/h3-8,10-13,21-24,27-28H,2,9,14-17H2,1H3. The van der Waals surface area contributed by atoms with Gasteiger partial charge in [0.15, 0.2) is 12.1 Å². The van der Waals surface area contributed by atoms with Crippen molar-refractivity contribution < 1.29 is 24.5 Å². The number of benzene rings is 2. The van der Waals surface area contributed by atoms with Crippen LogP contribution in [0.5, 0.6) is 0 Å². The number of carbonyl (C=O) groups excluding carboxylic acids is 1. The van der Waals surface area contributed by atoms with E-state index in [4.69, 9.17) is 9.47 Å². The van der Waals surface area contributed by atoms with Gasteiger partial charge in [-0.3, -0.25) is 9.69 Å². The number of aliphatic hydroxyl groups is 2. The second kappa shape index (κ2) is 11.3. The highest BCUT2D eigenvalue weighted by Gasteiger charge is 2.38. The van der Waals surface area contributed by atoms with Crippen LogP contribution in [0, 0.1) is 0 Å². The number of ketones is 1. The molecule has 162 valence electrons. The predicted octanol–water partition coefficient (Wildman–Crippen LogP) is 2.52. The van der Waals surface area contributed by atoms with E-state index in [-0.39, 0.29) is 18.9 Å². The van der Waals surface area contributed by atoms with Crippen LogP contribution in [-0.4, -0.2) is 58.6 Å². The van der Waals surface area contributed by atoms with Crippen LogP contribution in [0.1, 0.15) is 30.9 Å². The molecular formula is C24H31NO5. The second-order valence-electron chi connectivity index (χ2n) is 7.75. The maximum atomic E-state index is 12.9. The zero-order chi connectivity index (χ0) is 21.3. The highest BCUT2D eigenvalue weighted by molar-refractivity contribution is 5.85. The summed E-state index contributed by atoms with van der Waals surface area (Å²) in [7, 11) is 0. The molecule has 1 fully saturated rings. The fourth-order valence-corrected chi connectivity index (χ4v) is 3.63. The minimum atomic E-state index is -1.41. The van der Waals surface area contributed by atoms with Crippen LogP contribution in [0.25, 0.3) is 0 Å². The van der Waals surface area contributed by atoms with Gasteiger partial charge in [-0.05, 0) is 17.5 Å². The molecule has 1 saturated heterocycles. The lowest BCUT2D eigenvalue weighted by Gasteiger charge is -2.36. The maximum absolute atomic E-state index is 12.9. The fourth-order valence-electron chi connectivity index (χ4n) is 3.63. The van der Waals surface area contributed by atoms with Crippen molar-refractivity contribution in [2.45, 2.75) is 57.5 Å². The summed E-state index contributed by atoms with van der Waals surface area (Å²) in [5.74, 6) is -0.372. The Morgan fingerprint density at radius 3 is 2.17 bits per heavy atom. The smallest absolute Gasteiger partial charge is 0.177 e. The number of carbonyl (C=O) groups is 1. The van der Waals surface area contributed by atoms with E-state index >= 15 is 0 Å². The number of rotatable bonds is 10. The highest BCUT2D eigenvalue weighted by atomic mass is 16.7. The third-order valence-corrected chi connectivity index (χ3v) is 5.18. The Hall–Kier alpha value is -2.09. The van der Waals surface area contributed by atoms with Gasteiger partial charge in [-0.1, -0.05) is 74.0 Å². The molecule has 6 heteroatoms. The van der Waals surface area contributed by atoms with E-state index in [1.165, 1.54) is 0 Å². The first-order chi connectivity index (χ1) is 14.6. The molecule has 2 aromatic rings. The molecule has 3 rings (SSSR count). The summed E-state index contributed by atoms with van der Waals surface area (Å²) in [6.07, 6.45) is -2.42. The lowest BCUT2D eigenvalue weighted by atomic mass is 10.0. The van der Waals surface area contributed by atoms with Crippen LogP contribution in [0.3, 0.4) is 0 Å². The quantitative estimate of drug-likeness (QED) is 0.623. The molecule has 0 aliphatic carbocycles. The molecule has 0 bridgehead atoms. The molecular weight excluding hydrogens is 382 g/mol. The summed E-state index contributed by atoms with van der Waals surface area (Å²) in [5.41, 5.74) is 2.17. The van der Waals surface area contributed by atoms with Crippen molar-refractivity contribution in [3.8, 4) is 0 Å². The van der Waals surface area contributed by atoms with Crippen LogP contribution in [-0.2, 0) is 27.4 Å². The SMILES string of the molecule is CCCC1OCC(O)C(C(O)C(=O)CN(Cc2ccccc2)Cc2ccccc2)O1. The number of nitrogens with zero attached hydrogens (tertiary/aromatic N) is 1. The zero-order valence-corrected chi connectivity index (χ0v) is 17.4. The van der Waals surface area contributed by atoms with Gasteiger partial charge in [-0.15, -0.1) is 0 Å². The Balaban J connectivity index is 1.68. The van der Waals surface area contributed by atoms with Gasteiger partial charge in [-0.25, -0.2) is 0 Å². The average Bonchev–Trinajstić information content (AvgIpc) is 2.76. The van der Waals surface area contributed by atoms with Crippen molar-refractivity contribution in [3.63, 3.8) is 0 Å². The zero-order valence-electron chi connectivity index (χ0n) is 17.4. The van der Waals surface area contributed by atoms with Crippen LogP contribution in [0.4, 0.5) is 0 Å². The molecule has 1 aliphatic rings. The Morgan fingerprint density at radius 1 is 1.07 bits per heavy atom. The second-order valence-corrected chi connectivity index (χ2v) is 7.75. The van der Waals surface area contributed by atoms with E-state index in [1.54, 1.807) is 0 Å². The van der Waals surface area contributed by atoms with Crippen molar-refractivity contribution in [1.82, 2.24) is 4.90 Å². The molecule has 4 atom stereocenters. The van der Waals surface area contributed by atoms with Crippen LogP contribution in [0.15, 0.2) is 60.7 Å². The molecule has 1 aliphatic heterocycles. The number of aliphatic hydroxyl groups excluding tert-OH is 2. The Morgan fingerprint density at radius 2 is 1.63 bits per heavy atom. The summed E-state index contributed by atoms with van der Waals surface area (Å²) in [4.78, 5) is 14.9. The van der Waals surface area contributed by atoms with E-state index in [1.807, 2.05) is 72.5 Å². The monoisotopic (exact) mass is 413 g/mol. The Bertz CT molecular complexity index is 728. The van der Waals surface area contributed by atoms with Crippen molar-refractivity contribution in [2.75, 3.05) is 13.2 Å². The van der Waals surface area contributed by atoms with E-state index in [0.29, 0.717) is 19.5 Å². The molecule has 2 N–H and O–H groups in total. The Kier molecular flexibility index (Phi) is 8.54. The van der Waals surface area contributed by atoms with Crippen LogP contribution >= 0.6 is 0 Å². The van der Waals surface area contributed by atoms with E-state index < -0.39 is 24.6 Å². The molecule has 0 radical (unpaired) electrons. The van der Waals surface area contributed by atoms with Gasteiger partial charge in [0.05, 0.1) is 13.2 Å². The first-order valence-electron chi connectivity index (χ1n) is 10.5. The van der Waals surface area contributed by atoms with E-state index in [2.05, 4.69) is 0 Å². The number of ether oxygens (including phenoxy) is 2. The van der Waals surface area contributed by atoms with Gasteiger partial charge in [0.1, 0.15) is 18.3 Å². The first-order valence-corrected chi connectivity index (χ1v) is 10.5. The minimum absolute atomic E-state index is 0.0524. The van der Waals surface area contributed by atoms with Gasteiger partial charge >= 0.3 is 0 Å². The fraction of sp³-hybridized carbons (Fsp3) is 0.458.